The van der Waals surface area contributed by atoms with Crippen molar-refractivity contribution in [2.24, 2.45) is 0 Å². The molecule has 1 aliphatic carbocycles. The van der Waals surface area contributed by atoms with Crippen molar-refractivity contribution in [3.8, 4) is 11.3 Å². The molecular weight excluding hydrogens is 396 g/mol. The Kier molecular flexibility index (Phi) is 4.63. The summed E-state index contributed by atoms with van der Waals surface area (Å²) in [5.41, 5.74) is 5.96. The Morgan fingerprint density at radius 3 is 2.65 bits per heavy atom. The molecule has 2 unspecified atom stereocenters. The molecule has 1 saturated carbocycles. The molecule has 162 valence electrons. The van der Waals surface area contributed by atoms with Gasteiger partial charge in [-0.15, -0.1) is 0 Å². The summed E-state index contributed by atoms with van der Waals surface area (Å²) in [6, 6.07) is 14.5. The highest BCUT2D eigenvalue weighted by atomic mass is 16.6. The number of aliphatic hydroxyl groups is 2. The van der Waals surface area contributed by atoms with Gasteiger partial charge in [-0.3, -0.25) is 0 Å². The first-order chi connectivity index (χ1) is 15.1. The number of aromatic amines is 1. The van der Waals surface area contributed by atoms with Crippen molar-refractivity contribution in [1.29, 1.82) is 0 Å². The standard InChI is InChI=1S/C24H26N2O5/c27-13-24(7-8-24)15-3-1-14(2-4-15)17-5-6-18-19(26-17)9-16(25-18)10-29-21-12-31-22-20(28)11-30-23(21)22/h1-6,9,20-23,25,27-28H,7-8,10-13H2/t20?,21?,22-,23-/m1/s1. The molecule has 2 aliphatic heterocycles. The van der Waals surface area contributed by atoms with Crippen molar-refractivity contribution in [2.45, 2.75) is 49.3 Å². The Bertz CT molecular complexity index is 1090. The van der Waals surface area contributed by atoms with Crippen molar-refractivity contribution in [2.75, 3.05) is 19.8 Å². The first kappa shape index (κ1) is 19.4. The maximum absolute atomic E-state index is 9.86. The van der Waals surface area contributed by atoms with Gasteiger partial charge in [-0.2, -0.15) is 0 Å². The summed E-state index contributed by atoms with van der Waals surface area (Å²) in [5.74, 6) is 0. The van der Waals surface area contributed by atoms with Gasteiger partial charge < -0.3 is 29.4 Å². The molecule has 2 aromatic heterocycles. The van der Waals surface area contributed by atoms with Crippen LogP contribution < -0.4 is 0 Å². The van der Waals surface area contributed by atoms with Crippen LogP contribution in [-0.4, -0.2) is 64.4 Å². The van der Waals surface area contributed by atoms with Gasteiger partial charge >= 0.3 is 0 Å². The highest BCUT2D eigenvalue weighted by Gasteiger charge is 2.47. The van der Waals surface area contributed by atoms with Gasteiger partial charge in [0.1, 0.15) is 24.4 Å². The normalized spacial score (nSPS) is 28.8. The van der Waals surface area contributed by atoms with Crippen molar-refractivity contribution in [1.82, 2.24) is 9.97 Å². The van der Waals surface area contributed by atoms with Crippen LogP contribution in [-0.2, 0) is 26.2 Å². The lowest BCUT2D eigenvalue weighted by molar-refractivity contribution is -0.0446. The Hall–Kier alpha value is -2.29. The largest absolute Gasteiger partial charge is 0.395 e. The Morgan fingerprint density at radius 1 is 1.06 bits per heavy atom. The van der Waals surface area contributed by atoms with E-state index in [1.165, 1.54) is 5.56 Å². The van der Waals surface area contributed by atoms with E-state index in [1.807, 2.05) is 18.2 Å². The minimum absolute atomic E-state index is 0.0164. The number of pyridine rings is 1. The first-order valence-corrected chi connectivity index (χ1v) is 10.9. The number of hydrogen-bond acceptors (Lipinski definition) is 6. The molecule has 4 heterocycles. The fourth-order valence-electron chi connectivity index (χ4n) is 4.77. The number of aliphatic hydroxyl groups excluding tert-OH is 2. The molecule has 3 aliphatic rings. The van der Waals surface area contributed by atoms with Crippen LogP contribution in [0.15, 0.2) is 42.5 Å². The van der Waals surface area contributed by atoms with Crippen molar-refractivity contribution < 1.29 is 24.4 Å². The van der Waals surface area contributed by atoms with Gasteiger partial charge in [-0.25, -0.2) is 4.98 Å². The zero-order valence-electron chi connectivity index (χ0n) is 17.2. The summed E-state index contributed by atoms with van der Waals surface area (Å²) in [6.07, 6.45) is 0.888. The lowest BCUT2D eigenvalue weighted by Gasteiger charge is -2.16. The van der Waals surface area contributed by atoms with E-state index in [-0.39, 0.29) is 30.3 Å². The van der Waals surface area contributed by atoms with Gasteiger partial charge in [-0.05, 0) is 36.6 Å². The number of fused-ring (bicyclic) bond motifs is 2. The molecule has 0 bridgehead atoms. The lowest BCUT2D eigenvalue weighted by Crippen LogP contribution is -2.32. The van der Waals surface area contributed by atoms with Crippen molar-refractivity contribution >= 4 is 11.0 Å². The predicted molar refractivity (Wildman–Crippen MR) is 114 cm³/mol. The molecule has 3 aromatic rings. The second-order valence-electron chi connectivity index (χ2n) is 8.95. The maximum atomic E-state index is 9.86. The molecule has 3 fully saturated rings. The quantitative estimate of drug-likeness (QED) is 0.564. The molecule has 6 rings (SSSR count). The third kappa shape index (κ3) is 3.37. The van der Waals surface area contributed by atoms with E-state index in [1.54, 1.807) is 0 Å². The maximum Gasteiger partial charge on any atom is 0.115 e. The number of hydrogen-bond donors (Lipinski definition) is 3. The fraction of sp³-hybridized carbons (Fsp3) is 0.458. The Labute approximate surface area is 180 Å². The van der Waals surface area contributed by atoms with Crippen molar-refractivity contribution in [3.05, 3.63) is 53.7 Å². The molecule has 7 nitrogen and oxygen atoms in total. The van der Waals surface area contributed by atoms with E-state index in [4.69, 9.17) is 19.2 Å². The van der Waals surface area contributed by atoms with E-state index < -0.39 is 6.10 Å². The zero-order valence-corrected chi connectivity index (χ0v) is 17.2. The molecule has 0 spiro atoms. The molecule has 4 atom stereocenters. The molecule has 7 heteroatoms. The molecule has 31 heavy (non-hydrogen) atoms. The summed E-state index contributed by atoms with van der Waals surface area (Å²) in [7, 11) is 0. The van der Waals surface area contributed by atoms with Crippen LogP contribution >= 0.6 is 0 Å². The van der Waals surface area contributed by atoms with Gasteiger partial charge in [0.2, 0.25) is 0 Å². The van der Waals surface area contributed by atoms with E-state index in [2.05, 4.69) is 29.2 Å². The van der Waals surface area contributed by atoms with Crippen LogP contribution in [0.3, 0.4) is 0 Å². The van der Waals surface area contributed by atoms with Crippen LogP contribution in [0, 0.1) is 0 Å². The second-order valence-corrected chi connectivity index (χ2v) is 8.95. The smallest absolute Gasteiger partial charge is 0.115 e. The minimum atomic E-state index is -0.568. The number of nitrogens with one attached hydrogen (secondary N) is 1. The number of benzene rings is 1. The minimum Gasteiger partial charge on any atom is -0.395 e. The Morgan fingerprint density at radius 2 is 1.87 bits per heavy atom. The number of H-pyrrole nitrogens is 1. The molecule has 2 saturated heterocycles. The second kappa shape index (κ2) is 7.39. The van der Waals surface area contributed by atoms with Gasteiger partial charge in [0.25, 0.3) is 0 Å². The number of nitrogens with zero attached hydrogens (tertiary/aromatic N) is 1. The Balaban J connectivity index is 1.16. The average Bonchev–Trinajstić information content (AvgIpc) is 3.13. The van der Waals surface area contributed by atoms with Crippen molar-refractivity contribution in [3.63, 3.8) is 0 Å². The summed E-state index contributed by atoms with van der Waals surface area (Å²) in [6.45, 7) is 1.35. The van der Waals surface area contributed by atoms with E-state index in [9.17, 15) is 10.2 Å². The molecule has 0 amide bonds. The van der Waals surface area contributed by atoms with E-state index in [0.29, 0.717) is 19.8 Å². The van der Waals surface area contributed by atoms with Crippen LogP contribution in [0.2, 0.25) is 0 Å². The van der Waals surface area contributed by atoms with Gasteiger partial charge in [0.15, 0.2) is 0 Å². The van der Waals surface area contributed by atoms with Gasteiger partial charge in [0, 0.05) is 16.7 Å². The lowest BCUT2D eigenvalue weighted by atomic mass is 9.95. The highest BCUT2D eigenvalue weighted by Crippen LogP contribution is 2.47. The van der Waals surface area contributed by atoms with Gasteiger partial charge in [-0.1, -0.05) is 24.3 Å². The zero-order chi connectivity index (χ0) is 21.0. The third-order valence-electron chi connectivity index (χ3n) is 6.91. The van der Waals surface area contributed by atoms with Gasteiger partial charge in [0.05, 0.1) is 43.2 Å². The van der Waals surface area contributed by atoms with E-state index >= 15 is 0 Å². The fourth-order valence-corrected chi connectivity index (χ4v) is 4.77. The first-order valence-electron chi connectivity index (χ1n) is 10.9. The third-order valence-corrected chi connectivity index (χ3v) is 6.91. The van der Waals surface area contributed by atoms with Crippen LogP contribution in [0.4, 0.5) is 0 Å². The van der Waals surface area contributed by atoms with E-state index in [0.717, 1.165) is 40.8 Å². The predicted octanol–water partition coefficient (Wildman–Crippen LogP) is 2.30. The van der Waals surface area contributed by atoms with Crippen LogP contribution in [0.25, 0.3) is 22.3 Å². The average molecular weight is 422 g/mol. The topological polar surface area (TPSA) is 96.8 Å². The molecule has 1 aromatic carbocycles. The molecule has 3 N–H and O–H groups in total. The number of aromatic nitrogens is 2. The summed E-state index contributed by atoms with van der Waals surface area (Å²) in [5, 5.41) is 19.5. The monoisotopic (exact) mass is 422 g/mol. The summed E-state index contributed by atoms with van der Waals surface area (Å²) < 4.78 is 17.3. The number of ether oxygens (including phenoxy) is 3. The SMILES string of the molecule is OCC1(c2ccc(-c3ccc4[nH]c(COC5CO[C@@H]6C(O)CO[C@H]56)cc4n3)cc2)CC1. The molecule has 0 radical (unpaired) electrons. The summed E-state index contributed by atoms with van der Waals surface area (Å²) in [4.78, 5) is 8.18. The highest BCUT2D eigenvalue weighted by molar-refractivity contribution is 5.79. The number of rotatable bonds is 6. The summed E-state index contributed by atoms with van der Waals surface area (Å²) >= 11 is 0. The van der Waals surface area contributed by atoms with Crippen LogP contribution in [0.1, 0.15) is 24.1 Å². The molecular formula is C24H26N2O5. The van der Waals surface area contributed by atoms with Crippen LogP contribution in [0.5, 0.6) is 0 Å².